The second-order valence-electron chi connectivity index (χ2n) is 4.96. The first-order chi connectivity index (χ1) is 10.6. The number of thiazole rings is 1. The Hall–Kier alpha value is -2.21. The summed E-state index contributed by atoms with van der Waals surface area (Å²) in [6, 6.07) is 7.92. The molecule has 0 spiro atoms. The van der Waals surface area contributed by atoms with E-state index in [4.69, 9.17) is 5.11 Å². The number of carbonyl (C=O) groups is 2. The minimum Gasteiger partial charge on any atom is -0.481 e. The van der Waals surface area contributed by atoms with E-state index in [1.165, 1.54) is 11.3 Å². The number of carbonyl (C=O) groups excluding carboxylic acids is 1. The van der Waals surface area contributed by atoms with Crippen molar-refractivity contribution in [2.75, 3.05) is 6.54 Å². The van der Waals surface area contributed by atoms with Gasteiger partial charge in [-0.3, -0.25) is 9.59 Å². The molecule has 22 heavy (non-hydrogen) atoms. The van der Waals surface area contributed by atoms with Gasteiger partial charge in [0.15, 0.2) is 0 Å². The molecule has 0 aliphatic carbocycles. The van der Waals surface area contributed by atoms with E-state index < -0.39 is 5.97 Å². The molecule has 1 heterocycles. The minimum atomic E-state index is -0.811. The summed E-state index contributed by atoms with van der Waals surface area (Å²) in [6.07, 6.45) is 1.33. The van der Waals surface area contributed by atoms with Crippen LogP contribution in [0, 0.1) is 6.92 Å². The third kappa shape index (κ3) is 4.39. The van der Waals surface area contributed by atoms with Gasteiger partial charge < -0.3 is 10.4 Å². The highest BCUT2D eigenvalue weighted by Crippen LogP contribution is 2.26. The molecule has 0 saturated carbocycles. The van der Waals surface area contributed by atoms with Crippen LogP contribution in [0.3, 0.4) is 0 Å². The topological polar surface area (TPSA) is 79.3 Å². The molecule has 0 saturated heterocycles. The SMILES string of the molecule is Cc1ccccc1-c1nc(C(=O)NCCCCC(=O)O)cs1. The number of hydrogen-bond donors (Lipinski definition) is 2. The van der Waals surface area contributed by atoms with E-state index in [0.717, 1.165) is 16.1 Å². The molecule has 5 nitrogen and oxygen atoms in total. The second-order valence-corrected chi connectivity index (χ2v) is 5.82. The fourth-order valence-corrected chi connectivity index (χ4v) is 2.90. The third-order valence-corrected chi connectivity index (χ3v) is 4.09. The first-order valence-electron chi connectivity index (χ1n) is 7.09. The van der Waals surface area contributed by atoms with E-state index in [-0.39, 0.29) is 12.3 Å². The maximum absolute atomic E-state index is 12.0. The lowest BCUT2D eigenvalue weighted by Crippen LogP contribution is -2.24. The van der Waals surface area contributed by atoms with Gasteiger partial charge in [0.25, 0.3) is 5.91 Å². The molecule has 1 aromatic carbocycles. The van der Waals surface area contributed by atoms with Crippen LogP contribution < -0.4 is 5.32 Å². The van der Waals surface area contributed by atoms with Crippen LogP contribution in [0.4, 0.5) is 0 Å². The fraction of sp³-hybridized carbons (Fsp3) is 0.312. The number of aliphatic carboxylic acids is 1. The highest BCUT2D eigenvalue weighted by Gasteiger charge is 2.12. The Bertz CT molecular complexity index is 667. The van der Waals surface area contributed by atoms with E-state index in [1.807, 2.05) is 31.2 Å². The summed E-state index contributed by atoms with van der Waals surface area (Å²) in [4.78, 5) is 26.8. The minimum absolute atomic E-state index is 0.129. The van der Waals surface area contributed by atoms with Gasteiger partial charge in [0.2, 0.25) is 0 Å². The largest absolute Gasteiger partial charge is 0.481 e. The van der Waals surface area contributed by atoms with Crippen molar-refractivity contribution >= 4 is 23.2 Å². The van der Waals surface area contributed by atoms with E-state index in [1.54, 1.807) is 5.38 Å². The van der Waals surface area contributed by atoms with Gasteiger partial charge >= 0.3 is 5.97 Å². The number of amides is 1. The van der Waals surface area contributed by atoms with Crippen molar-refractivity contribution < 1.29 is 14.7 Å². The maximum atomic E-state index is 12.0. The molecule has 0 bridgehead atoms. The molecule has 2 aromatic rings. The first-order valence-corrected chi connectivity index (χ1v) is 7.97. The van der Waals surface area contributed by atoms with Crippen molar-refractivity contribution in [3.63, 3.8) is 0 Å². The van der Waals surface area contributed by atoms with E-state index in [9.17, 15) is 9.59 Å². The summed E-state index contributed by atoms with van der Waals surface area (Å²) < 4.78 is 0. The van der Waals surface area contributed by atoms with Gasteiger partial charge in [0.1, 0.15) is 10.7 Å². The van der Waals surface area contributed by atoms with E-state index >= 15 is 0 Å². The predicted molar refractivity (Wildman–Crippen MR) is 86.1 cm³/mol. The molecular weight excluding hydrogens is 300 g/mol. The smallest absolute Gasteiger partial charge is 0.303 e. The zero-order valence-electron chi connectivity index (χ0n) is 12.3. The lowest BCUT2D eigenvalue weighted by atomic mass is 10.1. The molecule has 0 radical (unpaired) electrons. The number of aryl methyl sites for hydroxylation is 1. The van der Waals surface area contributed by atoms with Crippen LogP contribution in [-0.2, 0) is 4.79 Å². The number of nitrogens with zero attached hydrogens (tertiary/aromatic N) is 1. The standard InChI is InChI=1S/C16H18N2O3S/c1-11-6-2-3-7-12(11)16-18-13(10-22-16)15(21)17-9-5-4-8-14(19)20/h2-3,6-7,10H,4-5,8-9H2,1H3,(H,17,21)(H,19,20). The van der Waals surface area contributed by atoms with Crippen molar-refractivity contribution in [2.45, 2.75) is 26.2 Å². The summed E-state index contributed by atoms with van der Waals surface area (Å²) in [6.45, 7) is 2.47. The summed E-state index contributed by atoms with van der Waals surface area (Å²) in [7, 11) is 0. The maximum Gasteiger partial charge on any atom is 0.303 e. The van der Waals surface area contributed by atoms with Crippen molar-refractivity contribution in [1.29, 1.82) is 0 Å². The van der Waals surface area contributed by atoms with Crippen LogP contribution in [0.25, 0.3) is 10.6 Å². The number of benzene rings is 1. The van der Waals surface area contributed by atoms with Gasteiger partial charge in [-0.2, -0.15) is 0 Å². The van der Waals surface area contributed by atoms with Crippen LogP contribution in [0.15, 0.2) is 29.6 Å². The van der Waals surface area contributed by atoms with E-state index in [2.05, 4.69) is 10.3 Å². The quantitative estimate of drug-likeness (QED) is 0.769. The number of aromatic nitrogens is 1. The molecule has 2 N–H and O–H groups in total. The monoisotopic (exact) mass is 318 g/mol. The Morgan fingerprint density at radius 3 is 2.77 bits per heavy atom. The number of unbranched alkanes of at least 4 members (excludes halogenated alkanes) is 1. The number of carboxylic acid groups (broad SMARTS) is 1. The zero-order chi connectivity index (χ0) is 15.9. The zero-order valence-corrected chi connectivity index (χ0v) is 13.2. The summed E-state index contributed by atoms with van der Waals surface area (Å²) >= 11 is 1.44. The van der Waals surface area contributed by atoms with Crippen LogP contribution in [0.1, 0.15) is 35.3 Å². The molecule has 116 valence electrons. The lowest BCUT2D eigenvalue weighted by molar-refractivity contribution is -0.137. The van der Waals surface area contributed by atoms with Gasteiger partial charge in [0.05, 0.1) is 0 Å². The molecule has 0 unspecified atom stereocenters. The van der Waals surface area contributed by atoms with Crippen molar-refractivity contribution in [3.05, 3.63) is 40.9 Å². The summed E-state index contributed by atoms with van der Waals surface area (Å²) in [5.74, 6) is -1.03. The molecule has 0 fully saturated rings. The first kappa shape index (κ1) is 16.2. The highest BCUT2D eigenvalue weighted by atomic mass is 32.1. The highest BCUT2D eigenvalue weighted by molar-refractivity contribution is 7.13. The van der Waals surface area contributed by atoms with Crippen LogP contribution in [0.2, 0.25) is 0 Å². The normalized spacial score (nSPS) is 10.4. The van der Waals surface area contributed by atoms with E-state index in [0.29, 0.717) is 25.1 Å². The van der Waals surface area contributed by atoms with Gasteiger partial charge in [-0.15, -0.1) is 11.3 Å². The van der Waals surface area contributed by atoms with Gasteiger partial charge in [-0.1, -0.05) is 24.3 Å². The van der Waals surface area contributed by atoms with Gasteiger partial charge in [-0.05, 0) is 25.3 Å². The Balaban J connectivity index is 1.90. The van der Waals surface area contributed by atoms with Crippen molar-refractivity contribution in [2.24, 2.45) is 0 Å². The fourth-order valence-electron chi connectivity index (χ4n) is 2.01. The van der Waals surface area contributed by atoms with Crippen molar-refractivity contribution in [1.82, 2.24) is 10.3 Å². The molecule has 2 rings (SSSR count). The average Bonchev–Trinajstić information content (AvgIpc) is 2.96. The molecule has 1 amide bonds. The number of carboxylic acids is 1. The predicted octanol–water partition coefficient (Wildman–Crippen LogP) is 3.10. The number of rotatable bonds is 7. The number of hydrogen-bond acceptors (Lipinski definition) is 4. The number of nitrogens with one attached hydrogen (secondary N) is 1. The molecule has 6 heteroatoms. The average molecular weight is 318 g/mol. The Kier molecular flexibility index (Phi) is 5.66. The van der Waals surface area contributed by atoms with Crippen LogP contribution >= 0.6 is 11.3 Å². The molecule has 0 aliphatic heterocycles. The molecule has 1 aromatic heterocycles. The third-order valence-electron chi connectivity index (χ3n) is 3.22. The van der Waals surface area contributed by atoms with Crippen LogP contribution in [0.5, 0.6) is 0 Å². The summed E-state index contributed by atoms with van der Waals surface area (Å²) in [5.41, 5.74) is 2.56. The van der Waals surface area contributed by atoms with Gasteiger partial charge in [-0.25, -0.2) is 4.98 Å². The summed E-state index contributed by atoms with van der Waals surface area (Å²) in [5, 5.41) is 13.9. The molecular formula is C16H18N2O3S. The Morgan fingerprint density at radius 1 is 1.27 bits per heavy atom. The second kappa shape index (κ2) is 7.70. The van der Waals surface area contributed by atoms with Crippen molar-refractivity contribution in [3.8, 4) is 10.6 Å². The molecule has 0 atom stereocenters. The Morgan fingerprint density at radius 2 is 2.05 bits per heavy atom. The lowest BCUT2D eigenvalue weighted by Gasteiger charge is -2.02. The molecule has 0 aliphatic rings. The Labute approximate surface area is 133 Å². The van der Waals surface area contributed by atoms with Crippen LogP contribution in [-0.4, -0.2) is 28.5 Å². The van der Waals surface area contributed by atoms with Gasteiger partial charge in [0, 0.05) is 23.9 Å².